The molecule has 0 spiro atoms. The van der Waals surface area contributed by atoms with Gasteiger partial charge in [0.2, 0.25) is 5.91 Å². The molecule has 0 aromatic heterocycles. The van der Waals surface area contributed by atoms with E-state index in [-0.39, 0.29) is 17.2 Å². The quantitative estimate of drug-likeness (QED) is 0.831. The molecule has 1 atom stereocenters. The number of carbonyl (C=O) groups excluding carboxylic acids is 1. The smallest absolute Gasteiger partial charge is 0.226 e. The normalized spacial score (nSPS) is 41.8. The van der Waals surface area contributed by atoms with Gasteiger partial charge in [-0.25, -0.2) is 0 Å². The Kier molecular flexibility index (Phi) is 3.39. The first kappa shape index (κ1) is 14.4. The Morgan fingerprint density at radius 1 is 1.20 bits per heavy atom. The van der Waals surface area contributed by atoms with Gasteiger partial charge in [0.25, 0.3) is 0 Å². The van der Waals surface area contributed by atoms with Crippen LogP contribution in [-0.4, -0.2) is 23.2 Å². The van der Waals surface area contributed by atoms with Gasteiger partial charge in [-0.15, -0.1) is 0 Å². The molecule has 3 nitrogen and oxygen atoms in total. The van der Waals surface area contributed by atoms with Crippen molar-refractivity contribution in [3.8, 4) is 0 Å². The summed E-state index contributed by atoms with van der Waals surface area (Å²) < 4.78 is 0. The van der Waals surface area contributed by atoms with Crippen LogP contribution in [0.1, 0.15) is 59.3 Å². The van der Waals surface area contributed by atoms with E-state index in [0.717, 1.165) is 37.0 Å². The van der Waals surface area contributed by atoms with Gasteiger partial charge in [-0.1, -0.05) is 13.8 Å². The summed E-state index contributed by atoms with van der Waals surface area (Å²) in [4.78, 5) is 12.7. The highest BCUT2D eigenvalue weighted by Crippen LogP contribution is 2.60. The molecular weight excluding hydrogens is 250 g/mol. The van der Waals surface area contributed by atoms with E-state index >= 15 is 0 Å². The van der Waals surface area contributed by atoms with Gasteiger partial charge in [0.05, 0.1) is 5.60 Å². The van der Waals surface area contributed by atoms with Gasteiger partial charge in [-0.05, 0) is 69.1 Å². The summed E-state index contributed by atoms with van der Waals surface area (Å²) in [6.07, 6.45) is 7.35. The molecule has 0 radical (unpaired) electrons. The Bertz CT molecular complexity index is 365. The van der Waals surface area contributed by atoms with Gasteiger partial charge in [0, 0.05) is 12.0 Å². The first-order valence-corrected chi connectivity index (χ1v) is 8.31. The maximum atomic E-state index is 12.7. The monoisotopic (exact) mass is 279 g/mol. The molecular formula is C17H29NO2. The van der Waals surface area contributed by atoms with E-state index in [2.05, 4.69) is 5.32 Å². The molecule has 4 aliphatic rings. The molecule has 0 heterocycles. The summed E-state index contributed by atoms with van der Waals surface area (Å²) in [5.74, 6) is 2.74. The lowest BCUT2D eigenvalue weighted by Gasteiger charge is -2.55. The maximum absolute atomic E-state index is 12.7. The summed E-state index contributed by atoms with van der Waals surface area (Å²) in [6, 6.07) is 0. The highest BCUT2D eigenvalue weighted by molar-refractivity contribution is 5.83. The lowest BCUT2D eigenvalue weighted by Crippen LogP contribution is -2.55. The SMILES string of the molecule is CC(C)C(C)(O)CNC(=O)C12CC3CC(CC(C3)C1)C2. The first-order chi connectivity index (χ1) is 9.31. The second-order valence-electron chi connectivity index (χ2n) is 8.39. The topological polar surface area (TPSA) is 49.3 Å². The Labute approximate surface area is 122 Å². The lowest BCUT2D eigenvalue weighted by molar-refractivity contribution is -0.147. The largest absolute Gasteiger partial charge is 0.388 e. The number of hydrogen-bond donors (Lipinski definition) is 2. The van der Waals surface area contributed by atoms with Crippen molar-refractivity contribution in [1.82, 2.24) is 5.32 Å². The molecule has 114 valence electrons. The third kappa shape index (κ3) is 2.38. The average Bonchev–Trinajstić information content (AvgIpc) is 2.34. The zero-order valence-corrected chi connectivity index (χ0v) is 13.1. The second kappa shape index (κ2) is 4.72. The summed E-state index contributed by atoms with van der Waals surface area (Å²) in [5.41, 5.74) is -0.903. The molecule has 4 rings (SSSR count). The number of carbonyl (C=O) groups is 1. The highest BCUT2D eigenvalue weighted by atomic mass is 16.3. The van der Waals surface area contributed by atoms with Crippen LogP contribution >= 0.6 is 0 Å². The van der Waals surface area contributed by atoms with Crippen molar-refractivity contribution in [3.05, 3.63) is 0 Å². The van der Waals surface area contributed by atoms with Crippen LogP contribution in [0, 0.1) is 29.1 Å². The molecule has 4 saturated carbocycles. The predicted molar refractivity (Wildman–Crippen MR) is 79.1 cm³/mol. The molecule has 2 N–H and O–H groups in total. The first-order valence-electron chi connectivity index (χ1n) is 8.31. The van der Waals surface area contributed by atoms with Crippen molar-refractivity contribution in [1.29, 1.82) is 0 Å². The van der Waals surface area contributed by atoms with Crippen molar-refractivity contribution in [3.63, 3.8) is 0 Å². The van der Waals surface area contributed by atoms with Gasteiger partial charge in [0.1, 0.15) is 0 Å². The Morgan fingerprint density at radius 2 is 1.65 bits per heavy atom. The molecule has 4 aliphatic carbocycles. The van der Waals surface area contributed by atoms with Crippen molar-refractivity contribution in [2.24, 2.45) is 29.1 Å². The van der Waals surface area contributed by atoms with E-state index in [9.17, 15) is 9.90 Å². The van der Waals surface area contributed by atoms with Crippen LogP contribution in [0.3, 0.4) is 0 Å². The molecule has 1 amide bonds. The minimum absolute atomic E-state index is 0.0954. The number of aliphatic hydroxyl groups is 1. The Balaban J connectivity index is 1.65. The minimum Gasteiger partial charge on any atom is -0.388 e. The summed E-state index contributed by atoms with van der Waals surface area (Å²) in [5, 5.41) is 13.4. The summed E-state index contributed by atoms with van der Waals surface area (Å²) in [6.45, 7) is 6.19. The molecule has 3 heteroatoms. The molecule has 0 aromatic rings. The van der Waals surface area contributed by atoms with Gasteiger partial charge < -0.3 is 10.4 Å². The second-order valence-corrected chi connectivity index (χ2v) is 8.39. The third-order valence-electron chi connectivity index (χ3n) is 6.37. The third-order valence-corrected chi connectivity index (χ3v) is 6.37. The fourth-order valence-electron chi connectivity index (χ4n) is 5.04. The number of nitrogens with one attached hydrogen (secondary N) is 1. The van der Waals surface area contributed by atoms with Crippen LogP contribution in [0.25, 0.3) is 0 Å². The van der Waals surface area contributed by atoms with Crippen LogP contribution < -0.4 is 5.32 Å². The molecule has 1 unspecified atom stereocenters. The van der Waals surface area contributed by atoms with Crippen LogP contribution in [0.2, 0.25) is 0 Å². The Morgan fingerprint density at radius 3 is 2.05 bits per heavy atom. The Hall–Kier alpha value is -0.570. The van der Waals surface area contributed by atoms with E-state index in [0.29, 0.717) is 6.54 Å². The number of amides is 1. The fraction of sp³-hybridized carbons (Fsp3) is 0.941. The van der Waals surface area contributed by atoms with Crippen LogP contribution in [0.5, 0.6) is 0 Å². The van der Waals surface area contributed by atoms with Gasteiger partial charge in [0.15, 0.2) is 0 Å². The van der Waals surface area contributed by atoms with Crippen molar-refractivity contribution in [2.75, 3.05) is 6.54 Å². The zero-order valence-electron chi connectivity index (χ0n) is 13.1. The standard InChI is InChI=1S/C17H29NO2/c1-11(2)16(3,20)10-18-15(19)17-7-12-4-13(8-17)6-14(5-12)9-17/h11-14,20H,4-10H2,1-3H3,(H,18,19). The number of rotatable bonds is 4. The molecule has 20 heavy (non-hydrogen) atoms. The lowest BCUT2D eigenvalue weighted by atomic mass is 9.49. The molecule has 0 aromatic carbocycles. The average molecular weight is 279 g/mol. The summed E-state index contributed by atoms with van der Waals surface area (Å²) in [7, 11) is 0. The number of hydrogen-bond acceptors (Lipinski definition) is 2. The molecule has 4 bridgehead atoms. The van der Waals surface area contributed by atoms with E-state index in [1.165, 1.54) is 19.3 Å². The van der Waals surface area contributed by atoms with Crippen molar-refractivity contribution < 1.29 is 9.90 Å². The van der Waals surface area contributed by atoms with Crippen LogP contribution in [0.15, 0.2) is 0 Å². The van der Waals surface area contributed by atoms with Crippen molar-refractivity contribution >= 4 is 5.91 Å². The molecule has 4 fully saturated rings. The van der Waals surface area contributed by atoms with Crippen LogP contribution in [-0.2, 0) is 4.79 Å². The minimum atomic E-state index is -0.808. The highest BCUT2D eigenvalue weighted by Gasteiger charge is 2.54. The molecule has 0 aliphatic heterocycles. The van der Waals surface area contributed by atoms with E-state index < -0.39 is 5.60 Å². The van der Waals surface area contributed by atoms with E-state index in [1.54, 1.807) is 0 Å². The van der Waals surface area contributed by atoms with E-state index in [1.807, 2.05) is 20.8 Å². The zero-order chi connectivity index (χ0) is 14.5. The van der Waals surface area contributed by atoms with Gasteiger partial charge >= 0.3 is 0 Å². The summed E-state index contributed by atoms with van der Waals surface area (Å²) >= 11 is 0. The van der Waals surface area contributed by atoms with Gasteiger partial charge in [-0.3, -0.25) is 4.79 Å². The fourth-order valence-corrected chi connectivity index (χ4v) is 5.04. The van der Waals surface area contributed by atoms with E-state index in [4.69, 9.17) is 0 Å². The van der Waals surface area contributed by atoms with Crippen molar-refractivity contribution in [2.45, 2.75) is 64.9 Å². The molecule has 0 saturated heterocycles. The predicted octanol–water partition coefficient (Wildman–Crippen LogP) is 2.73. The maximum Gasteiger partial charge on any atom is 0.226 e. The van der Waals surface area contributed by atoms with Crippen LogP contribution in [0.4, 0.5) is 0 Å². The van der Waals surface area contributed by atoms with Gasteiger partial charge in [-0.2, -0.15) is 0 Å².